The second kappa shape index (κ2) is 7.04. The van der Waals surface area contributed by atoms with Gasteiger partial charge in [0.25, 0.3) is 5.91 Å². The average molecular weight is 330 g/mol. The molecule has 1 saturated heterocycles. The predicted octanol–water partition coefficient (Wildman–Crippen LogP) is 2.79. The molecular formula is C13H16BrNO2S. The van der Waals surface area contributed by atoms with Gasteiger partial charge >= 0.3 is 0 Å². The second-order valence-corrected chi connectivity index (χ2v) is 6.14. The van der Waals surface area contributed by atoms with Crippen molar-refractivity contribution in [1.29, 1.82) is 0 Å². The number of amides is 1. The predicted molar refractivity (Wildman–Crippen MR) is 78.2 cm³/mol. The first-order chi connectivity index (χ1) is 8.77. The number of benzene rings is 1. The van der Waals surface area contributed by atoms with Crippen molar-refractivity contribution in [3.63, 3.8) is 0 Å². The van der Waals surface area contributed by atoms with Crippen molar-refractivity contribution in [2.24, 2.45) is 0 Å². The number of thioether (sulfide) groups is 1. The molecule has 1 amide bonds. The molecule has 1 aliphatic heterocycles. The van der Waals surface area contributed by atoms with Crippen LogP contribution in [0.25, 0.3) is 0 Å². The first kappa shape index (κ1) is 13.7. The molecule has 18 heavy (non-hydrogen) atoms. The average Bonchev–Trinajstić information content (AvgIpc) is 2.66. The molecule has 0 aromatic heterocycles. The first-order valence-corrected chi connectivity index (χ1v) is 7.95. The van der Waals surface area contributed by atoms with Crippen LogP contribution in [0.2, 0.25) is 0 Å². The van der Waals surface area contributed by atoms with Crippen molar-refractivity contribution in [1.82, 2.24) is 4.90 Å². The van der Waals surface area contributed by atoms with Crippen LogP contribution in [0.1, 0.15) is 6.42 Å². The van der Waals surface area contributed by atoms with E-state index in [1.54, 1.807) is 0 Å². The van der Waals surface area contributed by atoms with Crippen LogP contribution >= 0.6 is 27.7 Å². The molecule has 0 spiro atoms. The van der Waals surface area contributed by atoms with Gasteiger partial charge in [-0.2, -0.15) is 11.8 Å². The first-order valence-electron chi connectivity index (χ1n) is 6.00. The van der Waals surface area contributed by atoms with E-state index in [9.17, 15) is 4.79 Å². The summed E-state index contributed by atoms with van der Waals surface area (Å²) in [6, 6.07) is 7.58. The summed E-state index contributed by atoms with van der Waals surface area (Å²) in [6.07, 6.45) is 1.07. The molecule has 0 bridgehead atoms. The van der Waals surface area contributed by atoms with Gasteiger partial charge in [-0.3, -0.25) is 4.79 Å². The Balaban J connectivity index is 1.86. The van der Waals surface area contributed by atoms with Crippen molar-refractivity contribution in [3.05, 3.63) is 28.7 Å². The Labute approximate surface area is 120 Å². The highest BCUT2D eigenvalue weighted by atomic mass is 79.9. The minimum Gasteiger partial charge on any atom is -0.483 e. The zero-order valence-electron chi connectivity index (χ0n) is 10.1. The van der Waals surface area contributed by atoms with Gasteiger partial charge in [0.05, 0.1) is 4.47 Å². The normalized spacial score (nSPS) is 16.2. The zero-order chi connectivity index (χ0) is 12.8. The lowest BCUT2D eigenvalue weighted by molar-refractivity contribution is -0.133. The van der Waals surface area contributed by atoms with Gasteiger partial charge in [0.15, 0.2) is 6.61 Å². The third kappa shape index (κ3) is 3.92. The van der Waals surface area contributed by atoms with Crippen LogP contribution in [0.5, 0.6) is 5.75 Å². The summed E-state index contributed by atoms with van der Waals surface area (Å²) >= 11 is 5.31. The van der Waals surface area contributed by atoms with Crippen LogP contribution < -0.4 is 4.74 Å². The van der Waals surface area contributed by atoms with Gasteiger partial charge in [0.1, 0.15) is 5.75 Å². The third-order valence-electron chi connectivity index (χ3n) is 2.76. The maximum absolute atomic E-state index is 12.0. The lowest BCUT2D eigenvalue weighted by Crippen LogP contribution is -2.36. The summed E-state index contributed by atoms with van der Waals surface area (Å²) in [4.78, 5) is 13.9. The van der Waals surface area contributed by atoms with E-state index < -0.39 is 0 Å². The number of para-hydroxylation sites is 1. The molecular weight excluding hydrogens is 314 g/mol. The Hall–Kier alpha value is -0.680. The van der Waals surface area contributed by atoms with E-state index in [1.807, 2.05) is 40.9 Å². The van der Waals surface area contributed by atoms with Crippen LogP contribution in [-0.2, 0) is 4.79 Å². The van der Waals surface area contributed by atoms with Gasteiger partial charge in [-0.1, -0.05) is 12.1 Å². The van der Waals surface area contributed by atoms with E-state index in [2.05, 4.69) is 15.9 Å². The van der Waals surface area contributed by atoms with E-state index in [0.29, 0.717) is 0 Å². The molecule has 98 valence electrons. The van der Waals surface area contributed by atoms with E-state index in [1.165, 1.54) is 0 Å². The number of nitrogens with zero attached hydrogens (tertiary/aromatic N) is 1. The fraction of sp³-hybridized carbons (Fsp3) is 0.462. The Morgan fingerprint density at radius 3 is 3.00 bits per heavy atom. The van der Waals surface area contributed by atoms with Crippen LogP contribution in [0.3, 0.4) is 0 Å². The fourth-order valence-electron chi connectivity index (χ4n) is 1.79. The highest BCUT2D eigenvalue weighted by Crippen LogP contribution is 2.23. The Kier molecular flexibility index (Phi) is 5.38. The lowest BCUT2D eigenvalue weighted by atomic mass is 10.3. The van der Waals surface area contributed by atoms with Crippen LogP contribution in [0, 0.1) is 0 Å². The number of ether oxygens (including phenoxy) is 1. The van der Waals surface area contributed by atoms with Crippen molar-refractivity contribution in [3.8, 4) is 5.75 Å². The lowest BCUT2D eigenvalue weighted by Gasteiger charge is -2.20. The minimum atomic E-state index is 0.0771. The molecule has 0 saturated carbocycles. The summed E-state index contributed by atoms with van der Waals surface area (Å²) in [5, 5.41) is 0. The summed E-state index contributed by atoms with van der Waals surface area (Å²) in [5.74, 6) is 2.97. The Bertz CT molecular complexity index is 406. The highest BCUT2D eigenvalue weighted by Gasteiger charge is 2.16. The molecule has 3 nitrogen and oxygen atoms in total. The smallest absolute Gasteiger partial charge is 0.260 e. The fourth-order valence-corrected chi connectivity index (χ4v) is 3.07. The molecule has 1 aliphatic rings. The van der Waals surface area contributed by atoms with Crippen molar-refractivity contribution >= 4 is 33.6 Å². The molecule has 1 aromatic rings. The molecule has 0 radical (unpaired) electrons. The quantitative estimate of drug-likeness (QED) is 0.854. The second-order valence-electron chi connectivity index (χ2n) is 4.07. The van der Waals surface area contributed by atoms with E-state index >= 15 is 0 Å². The van der Waals surface area contributed by atoms with E-state index in [0.717, 1.165) is 41.2 Å². The SMILES string of the molecule is O=C(COc1ccccc1Br)N1CCCSCC1. The standard InChI is InChI=1S/C13H16BrNO2S/c14-11-4-1-2-5-12(11)17-10-13(16)15-6-3-8-18-9-7-15/h1-2,4-5H,3,6-10H2. The zero-order valence-corrected chi connectivity index (χ0v) is 12.5. The monoisotopic (exact) mass is 329 g/mol. The van der Waals surface area contributed by atoms with Gasteiger partial charge in [0, 0.05) is 18.8 Å². The van der Waals surface area contributed by atoms with E-state index in [-0.39, 0.29) is 12.5 Å². The molecule has 5 heteroatoms. The number of hydrogen-bond donors (Lipinski definition) is 0. The topological polar surface area (TPSA) is 29.5 Å². The Morgan fingerprint density at radius 2 is 2.17 bits per heavy atom. The highest BCUT2D eigenvalue weighted by molar-refractivity contribution is 9.10. The summed E-state index contributed by atoms with van der Waals surface area (Å²) in [5.41, 5.74) is 0. The molecule has 0 N–H and O–H groups in total. The maximum atomic E-state index is 12.0. The summed E-state index contributed by atoms with van der Waals surface area (Å²) in [7, 11) is 0. The number of rotatable bonds is 3. The van der Waals surface area contributed by atoms with E-state index in [4.69, 9.17) is 4.74 Å². The summed E-state index contributed by atoms with van der Waals surface area (Å²) in [6.45, 7) is 1.81. The van der Waals surface area contributed by atoms with Gasteiger partial charge in [0.2, 0.25) is 0 Å². The van der Waals surface area contributed by atoms with Gasteiger partial charge in [-0.05, 0) is 40.2 Å². The molecule has 2 rings (SSSR count). The number of carbonyl (C=O) groups is 1. The van der Waals surface area contributed by atoms with Crippen LogP contribution in [0.15, 0.2) is 28.7 Å². The van der Waals surface area contributed by atoms with Gasteiger partial charge in [-0.25, -0.2) is 0 Å². The van der Waals surface area contributed by atoms with Crippen molar-refractivity contribution in [2.75, 3.05) is 31.2 Å². The van der Waals surface area contributed by atoms with Gasteiger partial charge in [-0.15, -0.1) is 0 Å². The largest absolute Gasteiger partial charge is 0.483 e. The van der Waals surface area contributed by atoms with Crippen LogP contribution in [0.4, 0.5) is 0 Å². The Morgan fingerprint density at radius 1 is 1.33 bits per heavy atom. The number of halogens is 1. The minimum absolute atomic E-state index is 0.0771. The molecule has 0 aliphatic carbocycles. The number of hydrogen-bond acceptors (Lipinski definition) is 3. The molecule has 1 heterocycles. The number of carbonyl (C=O) groups excluding carboxylic acids is 1. The molecule has 0 atom stereocenters. The third-order valence-corrected chi connectivity index (χ3v) is 4.47. The molecule has 1 aromatic carbocycles. The summed E-state index contributed by atoms with van der Waals surface area (Å²) < 4.78 is 6.43. The van der Waals surface area contributed by atoms with Crippen molar-refractivity contribution < 1.29 is 9.53 Å². The molecule has 0 unspecified atom stereocenters. The molecule has 1 fully saturated rings. The van der Waals surface area contributed by atoms with Crippen molar-refractivity contribution in [2.45, 2.75) is 6.42 Å². The maximum Gasteiger partial charge on any atom is 0.260 e. The van der Waals surface area contributed by atoms with Crippen LogP contribution in [-0.4, -0.2) is 42.0 Å². The van der Waals surface area contributed by atoms with Gasteiger partial charge < -0.3 is 9.64 Å².